The Kier molecular flexibility index (Phi) is 17.9. The summed E-state index contributed by atoms with van der Waals surface area (Å²) in [7, 11) is 0. The zero-order chi connectivity index (χ0) is 58.4. The van der Waals surface area contributed by atoms with Gasteiger partial charge in [0.15, 0.2) is 37.4 Å². The summed E-state index contributed by atoms with van der Waals surface area (Å²) >= 11 is 0. The molecule has 4 saturated carbocycles. The number of allylic oxidation sites excluding steroid dienone is 3. The molecule has 3 heterocycles. The topological polar surface area (TPSA) is 357 Å². The van der Waals surface area contributed by atoms with Crippen LogP contribution in [0.2, 0.25) is 0 Å². The Morgan fingerprint density at radius 1 is 0.658 bits per heavy atom. The number of rotatable bonds is 13. The molecule has 23 heteroatoms. The van der Waals surface area contributed by atoms with Gasteiger partial charge in [0.2, 0.25) is 0 Å². The number of aliphatic hydroxyl groups excluding tert-OH is 11. The molecule has 450 valence electrons. The summed E-state index contributed by atoms with van der Waals surface area (Å²) in [6, 6.07) is 0. The Balaban J connectivity index is 1.08. The second-order valence-electron chi connectivity index (χ2n) is 25.7. The highest BCUT2D eigenvalue weighted by Gasteiger charge is 2.74. The van der Waals surface area contributed by atoms with Crippen molar-refractivity contribution in [3.05, 3.63) is 23.3 Å². The van der Waals surface area contributed by atoms with Crippen LogP contribution < -0.4 is 0 Å². The molecule has 5 aliphatic carbocycles. The van der Waals surface area contributed by atoms with E-state index >= 15 is 0 Å². The van der Waals surface area contributed by atoms with Gasteiger partial charge in [-0.15, -0.1) is 0 Å². The van der Waals surface area contributed by atoms with E-state index < -0.39 is 186 Å². The van der Waals surface area contributed by atoms with Gasteiger partial charge in [0, 0.05) is 24.8 Å². The van der Waals surface area contributed by atoms with E-state index in [1.807, 2.05) is 20.8 Å². The van der Waals surface area contributed by atoms with Gasteiger partial charge in [-0.2, -0.15) is 0 Å². The SMILES string of the molecule is CC=C(C)C(=O)O[C@H]1[C@H](O)[C@@H](O[C@H]2[C@H](OC(C)=O)[C@]3(CO)[C@H](O)C[C@]4(C)C(=CC[C@@H]5[C@@]6(C)CC[C@H](O[C@@H]7O[C@H](O)[C@@H](O)[C@H](O)[C@H]7O[C@H]7O[C@H](CO)[C@@H](O)[C@H](O)[C@H]7O)[C@](C)(CO)[C@@H]6CC[C@]54C)[C@@H]3CC2(C)C)O[C@@H](C)[C@H]1OC(C)=O. The molecule has 0 aromatic rings. The Morgan fingerprint density at radius 2 is 1.32 bits per heavy atom. The number of fused-ring (bicyclic) bond motifs is 7. The molecule has 3 saturated heterocycles. The highest BCUT2D eigenvalue weighted by molar-refractivity contribution is 5.87. The molecule has 79 heavy (non-hydrogen) atoms. The van der Waals surface area contributed by atoms with Crippen molar-refractivity contribution < 1.29 is 113 Å². The average molecular weight is 1130 g/mol. The fourth-order valence-electron chi connectivity index (χ4n) is 16.3. The number of hydrogen-bond donors (Lipinski definition) is 11. The summed E-state index contributed by atoms with van der Waals surface area (Å²) < 4.78 is 54.4. The summed E-state index contributed by atoms with van der Waals surface area (Å²) in [6.45, 7) is 17.8. The lowest BCUT2D eigenvalue weighted by molar-refractivity contribution is -0.396. The number of aliphatic hydroxyl groups is 11. The lowest BCUT2D eigenvalue weighted by Gasteiger charge is -2.73. The summed E-state index contributed by atoms with van der Waals surface area (Å²) in [6.07, 6.45) is -22.1. The normalized spacial score (nSPS) is 50.6. The van der Waals surface area contributed by atoms with Crippen molar-refractivity contribution in [2.24, 2.45) is 50.2 Å². The van der Waals surface area contributed by atoms with Crippen LogP contribution in [0.15, 0.2) is 23.3 Å². The lowest BCUT2D eigenvalue weighted by Crippen LogP contribution is -2.73. The van der Waals surface area contributed by atoms with Gasteiger partial charge in [-0.3, -0.25) is 9.59 Å². The maximum atomic E-state index is 13.3. The standard InChI is InChI=1S/C56H88O23/c1-12-24(2)46(69)76-42-40(68)49(71-25(3)41(42)72-26(4)60)78-44-45(73-27(5)61)56(23-59)29(19-51(44,6)7)28-13-14-32-52(8)17-16-34(53(9,22-58)31(52)15-18-54(32,10)55(28,11)20-33(56)62)75-50-43(37(65)38(66)47(70)79-50)77-48-39(67)36(64)35(63)30(21-57)74-48/h12-13,25,29-45,47-50,57-59,62-68,70H,14-23H2,1-11H3/t25-,29-,30+,31+,32+,33+,34-,35+,36-,37-,38-,39+,40-,41+,42-,43+,44-,45-,47-,48+,49+,50+,52-,53+,54+,55+,56-/m0/s1. The molecule has 27 atom stereocenters. The molecule has 8 aliphatic rings. The molecular weight excluding hydrogens is 1040 g/mol. The first kappa shape index (κ1) is 62.3. The van der Waals surface area contributed by atoms with E-state index in [4.69, 9.17) is 42.6 Å². The second-order valence-corrected chi connectivity index (χ2v) is 25.7. The Hall–Kier alpha value is -2.79. The zero-order valence-corrected chi connectivity index (χ0v) is 47.2. The van der Waals surface area contributed by atoms with E-state index in [9.17, 15) is 70.6 Å². The van der Waals surface area contributed by atoms with E-state index in [-0.39, 0.29) is 30.4 Å². The van der Waals surface area contributed by atoms with Crippen LogP contribution in [0, 0.1) is 50.2 Å². The Morgan fingerprint density at radius 3 is 1.92 bits per heavy atom. The fourth-order valence-corrected chi connectivity index (χ4v) is 16.3. The molecule has 23 nitrogen and oxygen atoms in total. The van der Waals surface area contributed by atoms with Crippen molar-refractivity contribution in [3.63, 3.8) is 0 Å². The molecule has 3 aliphatic heterocycles. The first-order valence-corrected chi connectivity index (χ1v) is 28.0. The molecule has 0 radical (unpaired) electrons. The van der Waals surface area contributed by atoms with E-state index in [0.717, 1.165) is 5.57 Å². The van der Waals surface area contributed by atoms with E-state index in [0.29, 0.717) is 38.5 Å². The maximum absolute atomic E-state index is 13.3. The summed E-state index contributed by atoms with van der Waals surface area (Å²) in [5.74, 6) is -2.99. The van der Waals surface area contributed by atoms with E-state index in [1.54, 1.807) is 13.8 Å². The number of carbonyl (C=O) groups excluding carboxylic acids is 3. The predicted octanol–water partition coefficient (Wildman–Crippen LogP) is 0.143. The minimum absolute atomic E-state index is 0.0431. The lowest BCUT2D eigenvalue weighted by atomic mass is 9.33. The smallest absolute Gasteiger partial charge is 0.333 e. The zero-order valence-electron chi connectivity index (χ0n) is 47.2. The molecular formula is C56H88O23. The van der Waals surface area contributed by atoms with Crippen molar-refractivity contribution in [2.75, 3.05) is 19.8 Å². The molecule has 11 N–H and O–H groups in total. The van der Waals surface area contributed by atoms with Gasteiger partial charge in [-0.25, -0.2) is 4.79 Å². The molecule has 0 bridgehead atoms. The van der Waals surface area contributed by atoms with Gasteiger partial charge in [0.1, 0.15) is 61.0 Å². The summed E-state index contributed by atoms with van der Waals surface area (Å²) in [4.78, 5) is 38.7. The average Bonchev–Trinajstić information content (AvgIpc) is 3.31. The van der Waals surface area contributed by atoms with Crippen LogP contribution in [-0.4, -0.2) is 211 Å². The van der Waals surface area contributed by atoms with Crippen molar-refractivity contribution in [2.45, 2.75) is 238 Å². The van der Waals surface area contributed by atoms with Crippen LogP contribution in [-0.2, 0) is 57.0 Å². The molecule has 0 aromatic carbocycles. The van der Waals surface area contributed by atoms with Crippen molar-refractivity contribution in [3.8, 4) is 0 Å². The molecule has 8 rings (SSSR count). The van der Waals surface area contributed by atoms with Crippen LogP contribution >= 0.6 is 0 Å². The summed E-state index contributed by atoms with van der Waals surface area (Å²) in [5, 5.41) is 123. The first-order valence-electron chi connectivity index (χ1n) is 28.0. The number of ether oxygens (including phenoxy) is 9. The predicted molar refractivity (Wildman–Crippen MR) is 272 cm³/mol. The third-order valence-corrected chi connectivity index (χ3v) is 21.0. The van der Waals surface area contributed by atoms with Crippen LogP contribution in [0.3, 0.4) is 0 Å². The number of esters is 3. The van der Waals surface area contributed by atoms with Gasteiger partial charge >= 0.3 is 17.9 Å². The maximum Gasteiger partial charge on any atom is 0.333 e. The van der Waals surface area contributed by atoms with Crippen molar-refractivity contribution in [1.29, 1.82) is 0 Å². The van der Waals surface area contributed by atoms with Gasteiger partial charge in [-0.1, -0.05) is 59.3 Å². The minimum atomic E-state index is -1.94. The second kappa shape index (κ2) is 22.7. The van der Waals surface area contributed by atoms with E-state index in [2.05, 4.69) is 26.8 Å². The van der Waals surface area contributed by atoms with Crippen molar-refractivity contribution >= 4 is 17.9 Å². The third-order valence-electron chi connectivity index (χ3n) is 21.0. The van der Waals surface area contributed by atoms with Crippen molar-refractivity contribution in [1.82, 2.24) is 0 Å². The fraction of sp³-hybridized carbons (Fsp3) is 0.875. The number of hydrogen-bond acceptors (Lipinski definition) is 23. The van der Waals surface area contributed by atoms with Crippen LogP contribution in [0.25, 0.3) is 0 Å². The van der Waals surface area contributed by atoms with Gasteiger partial charge in [0.25, 0.3) is 0 Å². The highest BCUT2D eigenvalue weighted by Crippen LogP contribution is 2.76. The molecule has 7 fully saturated rings. The van der Waals surface area contributed by atoms with Crippen LogP contribution in [0.5, 0.6) is 0 Å². The molecule has 0 amide bonds. The largest absolute Gasteiger partial charge is 0.459 e. The van der Waals surface area contributed by atoms with Gasteiger partial charge in [-0.05, 0) is 105 Å². The van der Waals surface area contributed by atoms with Gasteiger partial charge in [0.05, 0.1) is 43.5 Å². The van der Waals surface area contributed by atoms with Crippen LogP contribution in [0.4, 0.5) is 0 Å². The molecule has 0 spiro atoms. The Labute approximate surface area is 461 Å². The van der Waals surface area contributed by atoms with E-state index in [1.165, 1.54) is 26.8 Å². The number of carbonyl (C=O) groups is 3. The Bertz CT molecular complexity index is 2290. The van der Waals surface area contributed by atoms with Crippen LogP contribution in [0.1, 0.15) is 121 Å². The van der Waals surface area contributed by atoms with Gasteiger partial charge < -0.3 is 98.8 Å². The monoisotopic (exact) mass is 1130 g/mol. The quantitative estimate of drug-likeness (QED) is 0.0384. The highest BCUT2D eigenvalue weighted by atomic mass is 16.8. The third kappa shape index (κ3) is 10.2. The minimum Gasteiger partial charge on any atom is -0.459 e. The molecule has 0 aromatic heterocycles. The summed E-state index contributed by atoms with van der Waals surface area (Å²) in [5.41, 5.74) is -3.89. The first-order chi connectivity index (χ1) is 36.9. The molecule has 0 unspecified atom stereocenters.